The number of carbonyl (C=O) groups excluding carboxylic acids is 1. The van der Waals surface area contributed by atoms with Crippen LogP contribution in [0.3, 0.4) is 0 Å². The summed E-state index contributed by atoms with van der Waals surface area (Å²) >= 11 is 0. The van der Waals surface area contributed by atoms with Crippen LogP contribution in [0.25, 0.3) is 0 Å². The van der Waals surface area contributed by atoms with Crippen molar-refractivity contribution in [3.05, 3.63) is 87.5 Å². The van der Waals surface area contributed by atoms with Crippen LogP contribution in [0.4, 0.5) is 13.2 Å². The maximum atomic E-state index is 13.0. The number of aliphatic imine (C=N–C) groups is 1. The summed E-state index contributed by atoms with van der Waals surface area (Å²) in [4.78, 5) is 16.6. The van der Waals surface area contributed by atoms with Gasteiger partial charge in [0.2, 0.25) is 0 Å². The normalized spacial score (nSPS) is 20.2. The van der Waals surface area contributed by atoms with Crippen molar-refractivity contribution in [3.8, 4) is 0 Å². The van der Waals surface area contributed by atoms with E-state index in [9.17, 15) is 26.4 Å². The molecule has 2 atom stereocenters. The highest BCUT2D eigenvalue weighted by Crippen LogP contribution is 2.41. The Labute approximate surface area is 190 Å². The molecule has 0 saturated carbocycles. The Kier molecular flexibility index (Phi) is 6.65. The largest absolute Gasteiger partial charge is 0.416 e. The molecular formula is C24H23F3N2O3S. The van der Waals surface area contributed by atoms with Crippen molar-refractivity contribution < 1.29 is 26.4 Å². The number of benzene rings is 2. The summed E-state index contributed by atoms with van der Waals surface area (Å²) in [7, 11) is -2.58. The Morgan fingerprint density at radius 2 is 1.64 bits per heavy atom. The first kappa shape index (κ1) is 24.4. The number of alkyl halides is 3. The van der Waals surface area contributed by atoms with E-state index in [0.717, 1.165) is 35.2 Å². The highest BCUT2D eigenvalue weighted by Gasteiger charge is 2.34. The number of ketones is 1. The molecule has 33 heavy (non-hydrogen) atoms. The number of rotatable bonds is 4. The van der Waals surface area contributed by atoms with Crippen LogP contribution in [-0.2, 0) is 20.8 Å². The van der Waals surface area contributed by atoms with Crippen molar-refractivity contribution in [1.29, 1.82) is 0 Å². The van der Waals surface area contributed by atoms with E-state index in [-0.39, 0.29) is 16.4 Å². The quantitative estimate of drug-likeness (QED) is 0.644. The minimum atomic E-state index is -4.57. The van der Waals surface area contributed by atoms with Crippen molar-refractivity contribution in [2.45, 2.75) is 36.8 Å². The number of nitrogens with two attached hydrogens (primary N) is 1. The zero-order chi connectivity index (χ0) is 24.6. The molecule has 0 radical (unpaired) electrons. The molecule has 0 saturated heterocycles. The molecule has 1 aliphatic carbocycles. The third-order valence-corrected chi connectivity index (χ3v) is 7.24. The molecule has 2 unspecified atom stereocenters. The first-order valence-electron chi connectivity index (χ1n) is 10.0. The van der Waals surface area contributed by atoms with Gasteiger partial charge in [-0.25, -0.2) is 8.42 Å². The van der Waals surface area contributed by atoms with Crippen molar-refractivity contribution in [2.75, 3.05) is 7.05 Å². The Hall–Kier alpha value is -3.20. The number of Topliss-reactive ketones (excluding diaryl/α,β-unsaturated/α-hetero) is 1. The molecule has 0 bridgehead atoms. The second-order valence-electron chi connectivity index (χ2n) is 7.83. The molecule has 2 N–H and O–H groups in total. The highest BCUT2D eigenvalue weighted by atomic mass is 32.2. The van der Waals surface area contributed by atoms with Gasteiger partial charge < -0.3 is 5.73 Å². The fourth-order valence-corrected chi connectivity index (χ4v) is 5.27. The van der Waals surface area contributed by atoms with Crippen molar-refractivity contribution in [3.63, 3.8) is 0 Å². The van der Waals surface area contributed by atoms with Crippen LogP contribution in [0.5, 0.6) is 0 Å². The van der Waals surface area contributed by atoms with Gasteiger partial charge in [0.25, 0.3) is 0 Å². The molecule has 1 aliphatic rings. The van der Waals surface area contributed by atoms with Crippen LogP contribution in [0.1, 0.15) is 42.4 Å². The molecular weight excluding hydrogens is 453 g/mol. The molecule has 2 aromatic rings. The number of carbonyl (C=O) groups is 1. The van der Waals surface area contributed by atoms with Crippen LogP contribution in [0.15, 0.2) is 80.7 Å². The van der Waals surface area contributed by atoms with Gasteiger partial charge in [-0.2, -0.15) is 13.2 Å². The molecule has 0 aromatic heterocycles. The third kappa shape index (κ3) is 4.78. The van der Waals surface area contributed by atoms with Crippen molar-refractivity contribution in [1.82, 2.24) is 0 Å². The summed E-state index contributed by atoms with van der Waals surface area (Å²) in [6.07, 6.45) is -3.13. The number of nitrogens with zero attached hydrogens (tertiary/aromatic N) is 1. The van der Waals surface area contributed by atoms with Gasteiger partial charge in [0.15, 0.2) is 15.6 Å². The van der Waals surface area contributed by atoms with E-state index in [1.807, 2.05) is 0 Å². The average molecular weight is 477 g/mol. The SMILES string of the molecule is C/N=C\C1=C(N)C(=O)C(C)c2ccccc2C1/C(C)=C\S(=O)(=O)c1ccc(C(F)(F)F)cc1. The van der Waals surface area contributed by atoms with Crippen LogP contribution in [-0.4, -0.2) is 27.5 Å². The maximum absolute atomic E-state index is 13.0. The fourth-order valence-electron chi connectivity index (χ4n) is 4.00. The van der Waals surface area contributed by atoms with E-state index < -0.39 is 33.4 Å². The first-order valence-corrected chi connectivity index (χ1v) is 11.6. The lowest BCUT2D eigenvalue weighted by Crippen LogP contribution is -2.19. The average Bonchev–Trinajstić information content (AvgIpc) is 2.83. The minimum absolute atomic E-state index is 0.00558. The van der Waals surface area contributed by atoms with E-state index in [1.165, 1.54) is 13.3 Å². The molecule has 3 rings (SSSR count). The highest BCUT2D eigenvalue weighted by molar-refractivity contribution is 7.94. The van der Waals surface area contributed by atoms with Gasteiger partial charge in [-0.05, 0) is 47.9 Å². The van der Waals surface area contributed by atoms with E-state index in [4.69, 9.17) is 5.73 Å². The predicted octanol–water partition coefficient (Wildman–Crippen LogP) is 4.77. The second-order valence-corrected chi connectivity index (χ2v) is 9.63. The van der Waals surface area contributed by atoms with Crippen LogP contribution in [0, 0.1) is 0 Å². The number of sulfone groups is 1. The number of hydrogen-bond donors (Lipinski definition) is 1. The lowest BCUT2D eigenvalue weighted by Gasteiger charge is -2.21. The topological polar surface area (TPSA) is 89.6 Å². The molecule has 0 amide bonds. The molecule has 2 aromatic carbocycles. The number of fused-ring (bicyclic) bond motifs is 1. The third-order valence-electron chi connectivity index (χ3n) is 5.63. The van der Waals surface area contributed by atoms with Gasteiger partial charge in [-0.1, -0.05) is 31.2 Å². The standard InChI is InChI=1S/C24H23F3N2O3S/c1-14(13-33(31,32)17-10-8-16(9-11-17)24(25,26)27)21-19-7-5-4-6-18(19)15(2)23(30)22(28)20(21)12-29-3/h4-13,15,21H,28H2,1-3H3/b14-13-,29-12-. The van der Waals surface area contributed by atoms with Crippen LogP contribution < -0.4 is 5.73 Å². The Morgan fingerprint density at radius 3 is 2.18 bits per heavy atom. The molecule has 9 heteroatoms. The van der Waals surface area contributed by atoms with Crippen LogP contribution >= 0.6 is 0 Å². The fraction of sp³-hybridized carbons (Fsp3) is 0.250. The Bertz CT molecular complexity index is 1270. The van der Waals surface area contributed by atoms with Crippen LogP contribution in [0.2, 0.25) is 0 Å². The summed E-state index contributed by atoms with van der Waals surface area (Å²) in [5.41, 5.74) is 7.40. The smallest absolute Gasteiger partial charge is 0.396 e. The molecule has 5 nitrogen and oxygen atoms in total. The lowest BCUT2D eigenvalue weighted by molar-refractivity contribution is -0.137. The summed E-state index contributed by atoms with van der Waals surface area (Å²) < 4.78 is 64.6. The number of hydrogen-bond acceptors (Lipinski definition) is 5. The first-order chi connectivity index (χ1) is 15.4. The molecule has 0 aliphatic heterocycles. The molecule has 0 heterocycles. The summed E-state index contributed by atoms with van der Waals surface area (Å²) in [5.74, 6) is -1.51. The number of allylic oxidation sites excluding steroid dienone is 3. The van der Waals surface area contributed by atoms with Gasteiger partial charge in [0, 0.05) is 36.1 Å². The second kappa shape index (κ2) is 8.97. The molecule has 0 fully saturated rings. The van der Waals surface area contributed by atoms with E-state index in [2.05, 4.69) is 4.99 Å². The van der Waals surface area contributed by atoms with Gasteiger partial charge in [-0.15, -0.1) is 0 Å². The van der Waals surface area contributed by atoms with Gasteiger partial charge >= 0.3 is 6.18 Å². The monoisotopic (exact) mass is 476 g/mol. The Balaban J connectivity index is 2.17. The summed E-state index contributed by atoms with van der Waals surface area (Å²) in [6, 6.07) is 10.5. The van der Waals surface area contributed by atoms with Gasteiger partial charge in [-0.3, -0.25) is 9.79 Å². The minimum Gasteiger partial charge on any atom is -0.396 e. The van der Waals surface area contributed by atoms with Crippen molar-refractivity contribution in [2.24, 2.45) is 10.7 Å². The maximum Gasteiger partial charge on any atom is 0.416 e. The van der Waals surface area contributed by atoms with Crippen molar-refractivity contribution >= 4 is 21.8 Å². The predicted molar refractivity (Wildman–Crippen MR) is 121 cm³/mol. The number of halogens is 3. The van der Waals surface area contributed by atoms with E-state index in [1.54, 1.807) is 38.1 Å². The molecule has 174 valence electrons. The Morgan fingerprint density at radius 1 is 1.06 bits per heavy atom. The summed E-state index contributed by atoms with van der Waals surface area (Å²) in [6.45, 7) is 3.31. The van der Waals surface area contributed by atoms with E-state index in [0.29, 0.717) is 16.7 Å². The molecule has 0 spiro atoms. The zero-order valence-electron chi connectivity index (χ0n) is 18.2. The summed E-state index contributed by atoms with van der Waals surface area (Å²) in [5, 5.41) is 1.01. The zero-order valence-corrected chi connectivity index (χ0v) is 19.0. The van der Waals surface area contributed by atoms with Gasteiger partial charge in [0.05, 0.1) is 16.2 Å². The lowest BCUT2D eigenvalue weighted by atomic mass is 9.83. The van der Waals surface area contributed by atoms with Gasteiger partial charge in [0.1, 0.15) is 0 Å². The van der Waals surface area contributed by atoms with E-state index >= 15 is 0 Å².